The normalized spacial score (nSPS) is 19.9. The molecule has 0 N–H and O–H groups in total. The highest BCUT2D eigenvalue weighted by molar-refractivity contribution is 5.39. The summed E-state index contributed by atoms with van der Waals surface area (Å²) in [6.07, 6.45) is 0. The predicted molar refractivity (Wildman–Crippen MR) is 69.9 cm³/mol. The lowest BCUT2D eigenvalue weighted by Crippen LogP contribution is -2.39. The molecule has 0 aromatic heterocycles. The summed E-state index contributed by atoms with van der Waals surface area (Å²) in [6.45, 7) is 11.5. The summed E-state index contributed by atoms with van der Waals surface area (Å²) in [7, 11) is 2.22. The molecule has 88 valence electrons. The second-order valence-electron chi connectivity index (χ2n) is 6.13. The van der Waals surface area contributed by atoms with Crippen LogP contribution in [0.15, 0.2) is 18.2 Å². The SMILES string of the molecule is CC(C)c1ccc2c(c1)CN(C)CC2(C)C. The van der Waals surface area contributed by atoms with Crippen LogP contribution in [0.1, 0.15) is 50.3 Å². The average Bonchev–Trinajstić information content (AvgIpc) is 2.14. The minimum Gasteiger partial charge on any atom is -0.301 e. The molecule has 2 rings (SSSR count). The van der Waals surface area contributed by atoms with Gasteiger partial charge >= 0.3 is 0 Å². The smallest absolute Gasteiger partial charge is 0.0234 e. The lowest BCUT2D eigenvalue weighted by Gasteiger charge is -2.38. The zero-order valence-corrected chi connectivity index (χ0v) is 11.2. The Bertz CT molecular complexity index is 390. The Kier molecular flexibility index (Phi) is 2.83. The van der Waals surface area contributed by atoms with Gasteiger partial charge in [0.15, 0.2) is 0 Å². The van der Waals surface area contributed by atoms with E-state index in [4.69, 9.17) is 0 Å². The van der Waals surface area contributed by atoms with Gasteiger partial charge in [0.2, 0.25) is 0 Å². The second kappa shape index (κ2) is 3.89. The Balaban J connectivity index is 2.47. The van der Waals surface area contributed by atoms with Gasteiger partial charge in [-0.25, -0.2) is 0 Å². The Hall–Kier alpha value is -0.820. The first-order chi connectivity index (χ1) is 7.40. The van der Waals surface area contributed by atoms with E-state index in [0.717, 1.165) is 13.1 Å². The van der Waals surface area contributed by atoms with Crippen LogP contribution >= 0.6 is 0 Å². The number of benzene rings is 1. The van der Waals surface area contributed by atoms with Crippen LogP contribution in [0.2, 0.25) is 0 Å². The maximum Gasteiger partial charge on any atom is 0.0234 e. The highest BCUT2D eigenvalue weighted by Gasteiger charge is 2.29. The lowest BCUT2D eigenvalue weighted by atomic mass is 9.77. The zero-order valence-electron chi connectivity index (χ0n) is 11.2. The van der Waals surface area contributed by atoms with Crippen molar-refractivity contribution in [2.45, 2.75) is 45.6 Å². The van der Waals surface area contributed by atoms with Crippen molar-refractivity contribution in [2.75, 3.05) is 13.6 Å². The first kappa shape index (κ1) is 11.7. The third-order valence-corrected chi connectivity index (χ3v) is 3.63. The highest BCUT2D eigenvalue weighted by atomic mass is 15.1. The number of hydrogen-bond donors (Lipinski definition) is 0. The van der Waals surface area contributed by atoms with Gasteiger partial charge in [-0.1, -0.05) is 45.9 Å². The van der Waals surface area contributed by atoms with Crippen molar-refractivity contribution in [3.63, 3.8) is 0 Å². The van der Waals surface area contributed by atoms with Gasteiger partial charge in [-0.2, -0.15) is 0 Å². The number of rotatable bonds is 1. The van der Waals surface area contributed by atoms with Crippen LogP contribution in [-0.2, 0) is 12.0 Å². The Labute approximate surface area is 99.5 Å². The molecule has 0 atom stereocenters. The molecule has 1 heterocycles. The van der Waals surface area contributed by atoms with Crippen LogP contribution in [0.4, 0.5) is 0 Å². The molecular formula is C15H23N. The minimum atomic E-state index is 0.290. The number of fused-ring (bicyclic) bond motifs is 1. The van der Waals surface area contributed by atoms with Gasteiger partial charge in [0.25, 0.3) is 0 Å². The number of likely N-dealkylation sites (N-methyl/N-ethyl adjacent to an activating group) is 1. The fourth-order valence-electron chi connectivity index (χ4n) is 2.87. The Morgan fingerprint density at radius 1 is 1.25 bits per heavy atom. The summed E-state index contributed by atoms with van der Waals surface area (Å²) in [4.78, 5) is 2.42. The largest absolute Gasteiger partial charge is 0.301 e. The molecule has 0 aliphatic carbocycles. The molecule has 1 aliphatic rings. The quantitative estimate of drug-likeness (QED) is 0.695. The summed E-state index contributed by atoms with van der Waals surface area (Å²) >= 11 is 0. The second-order valence-corrected chi connectivity index (χ2v) is 6.13. The fourth-order valence-corrected chi connectivity index (χ4v) is 2.87. The van der Waals surface area contributed by atoms with E-state index in [-0.39, 0.29) is 5.41 Å². The molecule has 0 spiro atoms. The third-order valence-electron chi connectivity index (χ3n) is 3.63. The maximum absolute atomic E-state index is 2.42. The first-order valence-electron chi connectivity index (χ1n) is 6.22. The van der Waals surface area contributed by atoms with E-state index in [1.54, 1.807) is 0 Å². The van der Waals surface area contributed by atoms with Crippen LogP contribution in [0.3, 0.4) is 0 Å². The molecule has 1 aromatic rings. The number of hydrogen-bond acceptors (Lipinski definition) is 1. The summed E-state index contributed by atoms with van der Waals surface area (Å²) in [5.74, 6) is 0.626. The van der Waals surface area contributed by atoms with Crippen molar-refractivity contribution < 1.29 is 0 Å². The standard InChI is InChI=1S/C15H23N/c1-11(2)12-6-7-14-13(8-12)9-16(5)10-15(14,3)4/h6-8,11H,9-10H2,1-5H3. The van der Waals surface area contributed by atoms with Crippen LogP contribution in [-0.4, -0.2) is 18.5 Å². The Morgan fingerprint density at radius 3 is 2.56 bits per heavy atom. The Morgan fingerprint density at radius 2 is 1.94 bits per heavy atom. The fraction of sp³-hybridized carbons (Fsp3) is 0.600. The summed E-state index contributed by atoms with van der Waals surface area (Å²) in [5, 5.41) is 0. The van der Waals surface area contributed by atoms with Gasteiger partial charge < -0.3 is 4.90 Å². The molecule has 1 nitrogen and oxygen atoms in total. The predicted octanol–water partition coefficient (Wildman–Crippen LogP) is 3.53. The van der Waals surface area contributed by atoms with Gasteiger partial charge in [0, 0.05) is 18.5 Å². The molecule has 1 aliphatic heterocycles. The van der Waals surface area contributed by atoms with Gasteiger partial charge in [0.05, 0.1) is 0 Å². The zero-order chi connectivity index (χ0) is 11.9. The van der Waals surface area contributed by atoms with E-state index in [1.165, 1.54) is 16.7 Å². The average molecular weight is 217 g/mol. The molecule has 0 saturated heterocycles. The first-order valence-corrected chi connectivity index (χ1v) is 6.22. The van der Waals surface area contributed by atoms with E-state index in [1.807, 2.05) is 0 Å². The van der Waals surface area contributed by atoms with Gasteiger partial charge in [-0.3, -0.25) is 0 Å². The van der Waals surface area contributed by atoms with Gasteiger partial charge in [-0.15, -0.1) is 0 Å². The van der Waals surface area contributed by atoms with Crippen LogP contribution in [0.5, 0.6) is 0 Å². The van der Waals surface area contributed by atoms with Gasteiger partial charge in [0.1, 0.15) is 0 Å². The highest BCUT2D eigenvalue weighted by Crippen LogP contribution is 2.34. The molecule has 0 amide bonds. The van der Waals surface area contributed by atoms with E-state index >= 15 is 0 Å². The summed E-state index contributed by atoms with van der Waals surface area (Å²) in [6, 6.07) is 7.05. The van der Waals surface area contributed by atoms with Gasteiger partial charge in [-0.05, 0) is 29.7 Å². The topological polar surface area (TPSA) is 3.24 Å². The molecule has 0 fully saturated rings. The summed E-state index contributed by atoms with van der Waals surface area (Å²) in [5.41, 5.74) is 4.81. The van der Waals surface area contributed by atoms with Crippen molar-refractivity contribution in [3.05, 3.63) is 34.9 Å². The van der Waals surface area contributed by atoms with Crippen molar-refractivity contribution in [1.82, 2.24) is 4.90 Å². The molecule has 0 saturated carbocycles. The third kappa shape index (κ3) is 2.01. The maximum atomic E-state index is 2.42. The van der Waals surface area contributed by atoms with Crippen molar-refractivity contribution in [3.8, 4) is 0 Å². The number of nitrogens with zero attached hydrogens (tertiary/aromatic N) is 1. The molecule has 16 heavy (non-hydrogen) atoms. The summed E-state index contributed by atoms with van der Waals surface area (Å²) < 4.78 is 0. The van der Waals surface area contributed by atoms with E-state index in [0.29, 0.717) is 5.92 Å². The molecule has 0 unspecified atom stereocenters. The van der Waals surface area contributed by atoms with Crippen LogP contribution in [0, 0.1) is 0 Å². The monoisotopic (exact) mass is 217 g/mol. The van der Waals surface area contributed by atoms with Crippen LogP contribution in [0.25, 0.3) is 0 Å². The lowest BCUT2D eigenvalue weighted by molar-refractivity contribution is 0.235. The van der Waals surface area contributed by atoms with Crippen molar-refractivity contribution in [1.29, 1.82) is 0 Å². The van der Waals surface area contributed by atoms with Crippen molar-refractivity contribution in [2.24, 2.45) is 0 Å². The van der Waals surface area contributed by atoms with E-state index in [9.17, 15) is 0 Å². The van der Waals surface area contributed by atoms with E-state index < -0.39 is 0 Å². The molecule has 1 aromatic carbocycles. The molecule has 0 bridgehead atoms. The molecule has 1 heteroatoms. The minimum absolute atomic E-state index is 0.290. The van der Waals surface area contributed by atoms with Crippen LogP contribution < -0.4 is 0 Å². The molecule has 0 radical (unpaired) electrons. The van der Waals surface area contributed by atoms with Crippen molar-refractivity contribution >= 4 is 0 Å². The van der Waals surface area contributed by atoms with E-state index in [2.05, 4.69) is 57.8 Å². The molecular weight excluding hydrogens is 194 g/mol.